The number of thiophene rings is 1. The molecule has 3 rings (SSSR count). The number of carbonyl (C=O) groups is 1. The van der Waals surface area contributed by atoms with Crippen molar-refractivity contribution in [3.05, 3.63) is 57.0 Å². The van der Waals surface area contributed by atoms with Gasteiger partial charge in [0.1, 0.15) is 34.0 Å². The first-order valence-corrected chi connectivity index (χ1v) is 12.0. The number of aryl methyl sites for hydroxylation is 1. The van der Waals surface area contributed by atoms with E-state index in [1.54, 1.807) is 7.11 Å². The average Bonchev–Trinajstić information content (AvgIpc) is 3.22. The Morgan fingerprint density at radius 1 is 1.26 bits per heavy atom. The first-order valence-electron chi connectivity index (χ1n) is 11.2. The summed E-state index contributed by atoms with van der Waals surface area (Å²) in [6.07, 6.45) is 0.531. The number of aliphatic hydroxyl groups is 1. The van der Waals surface area contributed by atoms with Gasteiger partial charge in [-0.1, -0.05) is 25.1 Å². The van der Waals surface area contributed by atoms with Gasteiger partial charge >= 0.3 is 5.97 Å². The van der Waals surface area contributed by atoms with Gasteiger partial charge in [-0.25, -0.2) is 9.78 Å². The van der Waals surface area contributed by atoms with Gasteiger partial charge in [-0.05, 0) is 30.5 Å². The summed E-state index contributed by atoms with van der Waals surface area (Å²) in [6.45, 7) is 3.89. The van der Waals surface area contributed by atoms with Gasteiger partial charge in [0.15, 0.2) is 0 Å². The average molecular weight is 490 g/mol. The van der Waals surface area contributed by atoms with E-state index in [0.717, 1.165) is 17.8 Å². The fourth-order valence-corrected chi connectivity index (χ4v) is 4.92. The van der Waals surface area contributed by atoms with Crippen LogP contribution in [0, 0.1) is 0 Å². The van der Waals surface area contributed by atoms with Gasteiger partial charge in [0.05, 0.1) is 19.0 Å². The number of benzene rings is 1. The number of hydrogen-bond acceptors (Lipinski definition) is 9. The molecule has 0 saturated carbocycles. The second-order valence-corrected chi connectivity index (χ2v) is 8.81. The van der Waals surface area contributed by atoms with Crippen molar-refractivity contribution < 1.29 is 24.1 Å². The number of methoxy groups -OCH3 is 2. The van der Waals surface area contributed by atoms with Gasteiger partial charge in [-0.15, -0.1) is 11.3 Å². The van der Waals surface area contributed by atoms with Crippen molar-refractivity contribution >= 4 is 27.5 Å². The van der Waals surface area contributed by atoms with Crippen LogP contribution >= 0.6 is 11.3 Å². The molecule has 0 bridgehead atoms. The van der Waals surface area contributed by atoms with Gasteiger partial charge < -0.3 is 24.3 Å². The van der Waals surface area contributed by atoms with Crippen molar-refractivity contribution in [2.75, 3.05) is 40.5 Å². The zero-order valence-corrected chi connectivity index (χ0v) is 20.5. The predicted octanol–water partition coefficient (Wildman–Crippen LogP) is 2.61. The lowest BCUT2D eigenvalue weighted by atomic mass is 10.1. The van der Waals surface area contributed by atoms with E-state index in [1.165, 1.54) is 7.11 Å². The smallest absolute Gasteiger partial charge is 0.348 e. The molecule has 3 aromatic rings. The highest BCUT2D eigenvalue weighted by Gasteiger charge is 2.22. The Kier molecular flexibility index (Phi) is 9.58. The first kappa shape index (κ1) is 25.8. The largest absolute Gasteiger partial charge is 0.491 e. The topological polar surface area (TPSA) is 114 Å². The molecule has 1 aromatic carbocycles. The SMILES string of the molecule is CCc1c(C(=O)OC)sc2nc(CN(CCCOC)CC(O)COc3ccccc3)[nH]c(=O)c12. The van der Waals surface area contributed by atoms with E-state index in [9.17, 15) is 14.7 Å². The van der Waals surface area contributed by atoms with Crippen LogP contribution in [-0.4, -0.2) is 72.6 Å². The van der Waals surface area contributed by atoms with Crippen molar-refractivity contribution in [1.82, 2.24) is 14.9 Å². The van der Waals surface area contributed by atoms with Crippen LogP contribution in [0.5, 0.6) is 5.75 Å². The molecule has 2 N–H and O–H groups in total. The predicted molar refractivity (Wildman–Crippen MR) is 131 cm³/mol. The zero-order valence-electron chi connectivity index (χ0n) is 19.7. The summed E-state index contributed by atoms with van der Waals surface area (Å²) < 4.78 is 15.7. The molecule has 0 aliphatic heterocycles. The number of para-hydroxylation sites is 1. The zero-order chi connectivity index (χ0) is 24.5. The van der Waals surface area contributed by atoms with E-state index < -0.39 is 12.1 Å². The summed E-state index contributed by atoms with van der Waals surface area (Å²) in [5, 5.41) is 11.0. The van der Waals surface area contributed by atoms with Gasteiger partial charge in [0.2, 0.25) is 0 Å². The molecule has 10 heteroatoms. The Morgan fingerprint density at radius 3 is 2.71 bits per heavy atom. The molecule has 9 nitrogen and oxygen atoms in total. The highest BCUT2D eigenvalue weighted by atomic mass is 32.1. The summed E-state index contributed by atoms with van der Waals surface area (Å²) in [4.78, 5) is 35.4. The molecule has 0 amide bonds. The number of aromatic amines is 1. The van der Waals surface area contributed by atoms with Crippen LogP contribution in [-0.2, 0) is 22.4 Å². The van der Waals surface area contributed by atoms with Crippen LogP contribution in [0.4, 0.5) is 0 Å². The van der Waals surface area contributed by atoms with Crippen molar-refractivity contribution in [3.63, 3.8) is 0 Å². The van der Waals surface area contributed by atoms with E-state index in [2.05, 4.69) is 9.97 Å². The lowest BCUT2D eigenvalue weighted by molar-refractivity contribution is 0.0604. The maximum absolute atomic E-state index is 12.9. The van der Waals surface area contributed by atoms with E-state index in [0.29, 0.717) is 64.9 Å². The van der Waals surface area contributed by atoms with Gasteiger partial charge in [0.25, 0.3) is 5.56 Å². The van der Waals surface area contributed by atoms with Crippen LogP contribution in [0.15, 0.2) is 35.1 Å². The molecule has 0 fully saturated rings. The van der Waals surface area contributed by atoms with E-state index in [-0.39, 0.29) is 12.2 Å². The molecule has 0 radical (unpaired) electrons. The molecule has 1 atom stereocenters. The molecule has 0 spiro atoms. The Morgan fingerprint density at radius 2 is 2.03 bits per heavy atom. The number of nitrogens with zero attached hydrogens (tertiary/aromatic N) is 2. The first-order chi connectivity index (χ1) is 16.5. The van der Waals surface area contributed by atoms with Gasteiger partial charge in [-0.3, -0.25) is 9.69 Å². The van der Waals surface area contributed by atoms with Crippen LogP contribution in [0.1, 0.15) is 34.4 Å². The molecule has 34 heavy (non-hydrogen) atoms. The number of carbonyl (C=O) groups excluding carboxylic acids is 1. The van der Waals surface area contributed by atoms with E-state index in [4.69, 9.17) is 14.2 Å². The number of aliphatic hydroxyl groups excluding tert-OH is 1. The van der Waals surface area contributed by atoms with E-state index in [1.807, 2.05) is 42.2 Å². The Balaban J connectivity index is 1.77. The van der Waals surface area contributed by atoms with E-state index >= 15 is 0 Å². The summed E-state index contributed by atoms with van der Waals surface area (Å²) in [6, 6.07) is 9.31. The Hall–Kier alpha value is -2.79. The highest BCUT2D eigenvalue weighted by molar-refractivity contribution is 7.20. The quantitative estimate of drug-likeness (QED) is 0.278. The summed E-state index contributed by atoms with van der Waals surface area (Å²) >= 11 is 1.16. The normalized spacial score (nSPS) is 12.3. The van der Waals surface area contributed by atoms with Gasteiger partial charge in [0, 0.05) is 26.8 Å². The number of aromatic nitrogens is 2. The number of hydrogen-bond donors (Lipinski definition) is 2. The number of fused-ring (bicyclic) bond motifs is 1. The number of ether oxygens (including phenoxy) is 3. The lowest BCUT2D eigenvalue weighted by Crippen LogP contribution is -2.37. The van der Waals surface area contributed by atoms with Crippen molar-refractivity contribution in [3.8, 4) is 5.75 Å². The fourth-order valence-electron chi connectivity index (χ4n) is 3.72. The molecule has 0 saturated heterocycles. The summed E-state index contributed by atoms with van der Waals surface area (Å²) in [7, 11) is 2.96. The standard InChI is InChI=1S/C24H31N3O6S/c1-4-18-20-22(29)25-19(26-23(20)34-21(18)24(30)32-3)14-27(11-8-12-31-2)13-16(28)15-33-17-9-6-5-7-10-17/h5-7,9-10,16,28H,4,8,11-15H2,1-3H3,(H,25,26,29). The fraction of sp³-hybridized carbons (Fsp3) is 0.458. The minimum Gasteiger partial charge on any atom is -0.491 e. The molecule has 184 valence electrons. The molecular formula is C24H31N3O6S. The number of H-pyrrole nitrogens is 1. The maximum Gasteiger partial charge on any atom is 0.348 e. The van der Waals surface area contributed by atoms with Crippen LogP contribution < -0.4 is 10.3 Å². The molecule has 0 aliphatic rings. The third-order valence-electron chi connectivity index (χ3n) is 5.28. The maximum atomic E-state index is 12.9. The Labute approximate surface area is 202 Å². The van der Waals surface area contributed by atoms with Crippen molar-refractivity contribution in [2.45, 2.75) is 32.4 Å². The molecule has 1 unspecified atom stereocenters. The van der Waals surface area contributed by atoms with Crippen LogP contribution in [0.2, 0.25) is 0 Å². The molecule has 0 aliphatic carbocycles. The van der Waals surface area contributed by atoms with Crippen LogP contribution in [0.3, 0.4) is 0 Å². The second kappa shape index (κ2) is 12.6. The summed E-state index contributed by atoms with van der Waals surface area (Å²) in [5.41, 5.74) is 0.366. The summed E-state index contributed by atoms with van der Waals surface area (Å²) in [5.74, 6) is 0.685. The minimum absolute atomic E-state index is 0.140. The van der Waals surface area contributed by atoms with Gasteiger partial charge in [-0.2, -0.15) is 0 Å². The molecular weight excluding hydrogens is 458 g/mol. The molecule has 2 heterocycles. The van der Waals surface area contributed by atoms with Crippen molar-refractivity contribution in [2.24, 2.45) is 0 Å². The third-order valence-corrected chi connectivity index (χ3v) is 6.39. The number of nitrogens with one attached hydrogen (secondary N) is 1. The number of rotatable bonds is 13. The van der Waals surface area contributed by atoms with Crippen LogP contribution in [0.25, 0.3) is 10.2 Å². The van der Waals surface area contributed by atoms with Crippen molar-refractivity contribution in [1.29, 1.82) is 0 Å². The second-order valence-electron chi connectivity index (χ2n) is 7.81. The molecule has 2 aromatic heterocycles. The minimum atomic E-state index is -0.738. The lowest BCUT2D eigenvalue weighted by Gasteiger charge is -2.24. The monoisotopic (exact) mass is 489 g/mol. The number of esters is 1. The third kappa shape index (κ3) is 6.63. The Bertz CT molecular complexity index is 1130. The highest BCUT2D eigenvalue weighted by Crippen LogP contribution is 2.29.